The summed E-state index contributed by atoms with van der Waals surface area (Å²) in [7, 11) is -16.6. The second kappa shape index (κ2) is 37.0. The van der Waals surface area contributed by atoms with Crippen LogP contribution in [0.25, 0.3) is 0 Å². The highest BCUT2D eigenvalue weighted by atomic mass is 31.2. The number of ether oxygens (including phenoxy) is 2. The van der Waals surface area contributed by atoms with Gasteiger partial charge >= 0.3 is 35.4 Å². The Morgan fingerprint density at radius 2 is 0.866 bits per heavy atom. The Bertz CT molecular complexity index is 1590. The molecule has 8 atom stereocenters. The third-order valence-corrected chi connectivity index (χ3v) is 12.6. The third kappa shape index (κ3) is 33.4. The fraction of sp³-hybridized carbons (Fsp3) is 0.778. The lowest BCUT2D eigenvalue weighted by Crippen LogP contribution is -2.65. The molecule has 0 heterocycles. The number of aliphatic hydroxyl groups is 3. The maximum absolute atomic E-state index is 13.1. The molecule has 0 saturated heterocycles. The van der Waals surface area contributed by atoms with Crippen LogP contribution in [0.2, 0.25) is 0 Å². The van der Waals surface area contributed by atoms with Gasteiger partial charge in [0.25, 0.3) is 0 Å². The van der Waals surface area contributed by atoms with Gasteiger partial charge in [0.2, 0.25) is 0 Å². The molecule has 8 N–H and O–H groups in total. The summed E-state index contributed by atoms with van der Waals surface area (Å²) in [6.45, 7) is 2.86. The first-order valence-electron chi connectivity index (χ1n) is 23.9. The fourth-order valence-corrected chi connectivity index (χ4v) is 9.09. The largest absolute Gasteiger partial charge is 0.472 e. The number of phosphoric ester groups is 3. The minimum atomic E-state index is -5.61. The van der Waals surface area contributed by atoms with Crippen LogP contribution in [0.3, 0.4) is 0 Å². The second-order valence-electron chi connectivity index (χ2n) is 16.7. The summed E-state index contributed by atoms with van der Waals surface area (Å²) in [5.41, 5.74) is 0. The van der Waals surface area contributed by atoms with E-state index in [0.717, 1.165) is 70.6 Å². The molecule has 1 aliphatic carbocycles. The lowest BCUT2D eigenvalue weighted by Gasteiger charge is -2.44. The van der Waals surface area contributed by atoms with Crippen LogP contribution in [0.4, 0.5) is 0 Å². The quantitative estimate of drug-likeness (QED) is 0.0123. The maximum Gasteiger partial charge on any atom is 0.472 e. The highest BCUT2D eigenvalue weighted by molar-refractivity contribution is 7.47. The summed E-state index contributed by atoms with van der Waals surface area (Å²) in [6.07, 6.45) is 22.8. The average Bonchev–Trinajstić information content (AvgIpc) is 3.25. The van der Waals surface area contributed by atoms with Crippen molar-refractivity contribution in [3.8, 4) is 0 Å². The molecule has 0 aromatic carbocycles. The molecule has 390 valence electrons. The molecule has 1 fully saturated rings. The SMILES string of the molecule is CCCCCC=CCC=CCC=CCCCCC(=O)OC(COC(=O)CCCCCCCCCC=CCCCCCC)COP(=O)(O)OC1C(O)C(O)C(OP(=O)(O)O)C(OP(=O)(O)O)C1O. The van der Waals surface area contributed by atoms with Gasteiger partial charge in [-0.25, -0.2) is 13.7 Å². The maximum atomic E-state index is 13.1. The van der Waals surface area contributed by atoms with E-state index in [-0.39, 0.29) is 12.8 Å². The predicted molar refractivity (Wildman–Crippen MR) is 252 cm³/mol. The Morgan fingerprint density at radius 1 is 0.478 bits per heavy atom. The molecule has 19 nitrogen and oxygen atoms in total. The van der Waals surface area contributed by atoms with Gasteiger partial charge in [0.15, 0.2) is 6.10 Å². The smallest absolute Gasteiger partial charge is 0.462 e. The lowest BCUT2D eigenvalue weighted by molar-refractivity contribution is -0.213. The van der Waals surface area contributed by atoms with Crippen LogP contribution >= 0.6 is 23.5 Å². The van der Waals surface area contributed by atoms with Crippen LogP contribution in [0, 0.1) is 0 Å². The van der Waals surface area contributed by atoms with Crippen LogP contribution in [-0.4, -0.2) is 108 Å². The molecule has 1 rings (SSSR count). The van der Waals surface area contributed by atoms with E-state index in [9.17, 15) is 63.1 Å². The molecule has 0 aromatic heterocycles. The number of hydrogen-bond acceptors (Lipinski definition) is 14. The Kier molecular flexibility index (Phi) is 34.8. The molecule has 8 unspecified atom stereocenters. The highest BCUT2D eigenvalue weighted by Crippen LogP contribution is 2.51. The molecule has 0 spiro atoms. The van der Waals surface area contributed by atoms with Gasteiger partial charge in [-0.3, -0.25) is 27.7 Å². The fourth-order valence-electron chi connectivity index (χ4n) is 6.99. The van der Waals surface area contributed by atoms with Crippen LogP contribution in [-0.2, 0) is 50.9 Å². The summed E-state index contributed by atoms with van der Waals surface area (Å²) >= 11 is 0. The predicted octanol–water partition coefficient (Wildman–Crippen LogP) is 8.62. The summed E-state index contributed by atoms with van der Waals surface area (Å²) in [6, 6.07) is 0. The standard InChI is InChI=1S/C45H81O19P3/c1-3-5-7-9-11-13-15-17-19-21-23-25-27-29-31-33-38(46)59-35-37(61-39(47)34-32-30-28-26-24-22-20-18-16-14-12-10-8-6-4-2)36-60-67(57,58)64-43-40(48)41(49)44(62-65(51,52)53)45(42(43)50)63-66(54,55)56/h12-15,18,20,24,26,37,40-45,48-50H,3-11,16-17,19,21-23,25,27-36H2,1-2H3,(H,57,58)(H2,51,52,53)(H2,54,55,56). The van der Waals surface area contributed by atoms with Crippen LogP contribution in [0.5, 0.6) is 0 Å². The van der Waals surface area contributed by atoms with E-state index >= 15 is 0 Å². The minimum Gasteiger partial charge on any atom is -0.462 e. The Morgan fingerprint density at radius 3 is 1.40 bits per heavy atom. The molecule has 1 saturated carbocycles. The Balaban J connectivity index is 2.77. The molecule has 22 heteroatoms. The van der Waals surface area contributed by atoms with Gasteiger partial charge in [-0.15, -0.1) is 0 Å². The average molecular weight is 1020 g/mol. The Labute approximate surface area is 397 Å². The van der Waals surface area contributed by atoms with E-state index in [1.165, 1.54) is 44.9 Å². The molecule has 0 aliphatic heterocycles. The van der Waals surface area contributed by atoms with Gasteiger partial charge in [-0.05, 0) is 77.0 Å². The molecule has 0 aromatic rings. The number of carbonyl (C=O) groups is 2. The first kappa shape index (κ1) is 63.1. The van der Waals surface area contributed by atoms with Crippen LogP contribution in [0.15, 0.2) is 48.6 Å². The van der Waals surface area contributed by atoms with Gasteiger partial charge in [-0.1, -0.05) is 127 Å². The van der Waals surface area contributed by atoms with E-state index in [2.05, 4.69) is 59.4 Å². The molecule has 0 amide bonds. The van der Waals surface area contributed by atoms with Gasteiger partial charge in [0.05, 0.1) is 6.61 Å². The molecule has 0 radical (unpaired) electrons. The number of esters is 2. The topological polar surface area (TPSA) is 303 Å². The van der Waals surface area contributed by atoms with Crippen LogP contribution in [0.1, 0.15) is 168 Å². The van der Waals surface area contributed by atoms with Crippen molar-refractivity contribution < 1.29 is 90.6 Å². The number of rotatable bonds is 40. The molecule has 67 heavy (non-hydrogen) atoms. The molecular weight excluding hydrogens is 937 g/mol. The van der Waals surface area contributed by atoms with Crippen molar-refractivity contribution in [3.05, 3.63) is 48.6 Å². The normalized spacial score (nSPS) is 22.0. The molecule has 1 aliphatic rings. The van der Waals surface area contributed by atoms with E-state index in [4.69, 9.17) is 18.5 Å². The monoisotopic (exact) mass is 1020 g/mol. The molecule has 0 bridgehead atoms. The van der Waals surface area contributed by atoms with E-state index in [0.29, 0.717) is 25.7 Å². The van der Waals surface area contributed by atoms with Gasteiger partial charge < -0.3 is 49.3 Å². The zero-order chi connectivity index (χ0) is 50.0. The highest BCUT2D eigenvalue weighted by Gasteiger charge is 2.56. The third-order valence-electron chi connectivity index (χ3n) is 10.6. The summed E-state index contributed by atoms with van der Waals surface area (Å²) in [5, 5.41) is 31.9. The van der Waals surface area contributed by atoms with Crippen LogP contribution < -0.4 is 0 Å². The second-order valence-corrected chi connectivity index (χ2v) is 20.5. The zero-order valence-electron chi connectivity index (χ0n) is 39.5. The number of unbranched alkanes of at least 4 members (excludes halogenated alkanes) is 16. The van der Waals surface area contributed by atoms with E-state index in [1.54, 1.807) is 0 Å². The van der Waals surface area contributed by atoms with E-state index < -0.39 is 91.3 Å². The van der Waals surface area contributed by atoms with Crippen molar-refractivity contribution in [2.45, 2.75) is 211 Å². The Hall–Kier alpha value is -1.89. The van der Waals surface area contributed by atoms with Gasteiger partial charge in [-0.2, -0.15) is 0 Å². The number of hydrogen-bond donors (Lipinski definition) is 8. The first-order chi connectivity index (χ1) is 31.8. The van der Waals surface area contributed by atoms with Crippen molar-refractivity contribution in [2.75, 3.05) is 13.2 Å². The number of carbonyl (C=O) groups excluding carboxylic acids is 2. The van der Waals surface area contributed by atoms with Crippen molar-refractivity contribution in [1.82, 2.24) is 0 Å². The van der Waals surface area contributed by atoms with Crippen molar-refractivity contribution >= 4 is 35.4 Å². The first-order valence-corrected chi connectivity index (χ1v) is 28.5. The van der Waals surface area contributed by atoms with Crippen molar-refractivity contribution in [1.29, 1.82) is 0 Å². The van der Waals surface area contributed by atoms with Crippen molar-refractivity contribution in [3.63, 3.8) is 0 Å². The molecular formula is C45H81O19P3. The number of aliphatic hydroxyl groups excluding tert-OH is 3. The lowest BCUT2D eigenvalue weighted by atomic mass is 9.85. The number of allylic oxidation sites excluding steroid dienone is 8. The summed E-state index contributed by atoms with van der Waals surface area (Å²) in [4.78, 5) is 73.2. The summed E-state index contributed by atoms with van der Waals surface area (Å²) in [5.74, 6) is -1.35. The summed E-state index contributed by atoms with van der Waals surface area (Å²) < 4.78 is 65.4. The minimum absolute atomic E-state index is 0.0525. The van der Waals surface area contributed by atoms with Gasteiger partial charge in [0, 0.05) is 12.8 Å². The van der Waals surface area contributed by atoms with E-state index in [1.807, 2.05) is 12.2 Å². The van der Waals surface area contributed by atoms with Gasteiger partial charge in [0.1, 0.15) is 43.2 Å². The zero-order valence-corrected chi connectivity index (χ0v) is 42.1. The number of phosphoric acid groups is 3. The van der Waals surface area contributed by atoms with Crippen molar-refractivity contribution in [2.24, 2.45) is 0 Å².